The van der Waals surface area contributed by atoms with Crippen LogP contribution in [0.25, 0.3) is 0 Å². The smallest absolute Gasteiger partial charge is 0.308 e. The van der Waals surface area contributed by atoms with E-state index in [1.54, 1.807) is 0 Å². The first-order valence-electron chi connectivity index (χ1n) is 6.69. The van der Waals surface area contributed by atoms with Crippen LogP contribution in [-0.2, 0) is 9.59 Å². The molecule has 2 bridgehead atoms. The number of aliphatic carboxylic acids is 1. The van der Waals surface area contributed by atoms with E-state index in [2.05, 4.69) is 0 Å². The first-order valence-corrected chi connectivity index (χ1v) is 6.69. The Labute approximate surface area is 100.0 Å². The van der Waals surface area contributed by atoms with Crippen LogP contribution >= 0.6 is 0 Å². The summed E-state index contributed by atoms with van der Waals surface area (Å²) >= 11 is 0. The fourth-order valence-electron chi connectivity index (χ4n) is 4.88. The number of carbonyl (C=O) groups is 2. The molecule has 0 aromatic heterocycles. The van der Waals surface area contributed by atoms with Gasteiger partial charge >= 0.3 is 5.97 Å². The molecule has 5 atom stereocenters. The number of rotatable bonds is 2. The second kappa shape index (κ2) is 3.03. The zero-order valence-electron chi connectivity index (χ0n) is 9.71. The third-order valence-electron chi connectivity index (χ3n) is 5.56. The van der Waals surface area contributed by atoms with Gasteiger partial charge in [0.2, 0.25) is 5.91 Å². The lowest BCUT2D eigenvalue weighted by molar-refractivity contribution is -0.141. The minimum absolute atomic E-state index is 0.0798. The Balaban J connectivity index is 1.51. The summed E-state index contributed by atoms with van der Waals surface area (Å²) < 4.78 is 0. The van der Waals surface area contributed by atoms with Crippen LogP contribution in [0.5, 0.6) is 0 Å². The van der Waals surface area contributed by atoms with Gasteiger partial charge < -0.3 is 10.0 Å². The summed E-state index contributed by atoms with van der Waals surface area (Å²) in [5, 5.41) is 8.99. The summed E-state index contributed by atoms with van der Waals surface area (Å²) in [6.45, 7) is 0.464. The number of nitrogens with zero attached hydrogens (tertiary/aromatic N) is 1. The zero-order chi connectivity index (χ0) is 11.7. The lowest BCUT2D eigenvalue weighted by Gasteiger charge is -2.20. The van der Waals surface area contributed by atoms with Crippen LogP contribution in [0.3, 0.4) is 0 Å². The number of likely N-dealkylation sites (tertiary alicyclic amines) is 1. The van der Waals surface area contributed by atoms with E-state index in [1.165, 1.54) is 19.3 Å². The van der Waals surface area contributed by atoms with E-state index in [4.69, 9.17) is 5.11 Å². The van der Waals surface area contributed by atoms with Gasteiger partial charge in [0.15, 0.2) is 0 Å². The molecule has 92 valence electrons. The molecule has 5 unspecified atom stereocenters. The molecule has 4 rings (SSSR count). The lowest BCUT2D eigenvalue weighted by Crippen LogP contribution is -2.32. The highest BCUT2D eigenvalue weighted by molar-refractivity contribution is 5.86. The monoisotopic (exact) mass is 235 g/mol. The number of amides is 1. The third-order valence-corrected chi connectivity index (χ3v) is 5.56. The van der Waals surface area contributed by atoms with Gasteiger partial charge in [-0.05, 0) is 42.9 Å². The van der Waals surface area contributed by atoms with E-state index in [0.29, 0.717) is 12.6 Å². The Morgan fingerprint density at radius 3 is 2.41 bits per heavy atom. The highest BCUT2D eigenvalue weighted by Crippen LogP contribution is 2.67. The van der Waals surface area contributed by atoms with Crippen molar-refractivity contribution in [3.05, 3.63) is 0 Å². The predicted molar refractivity (Wildman–Crippen MR) is 59.1 cm³/mol. The third kappa shape index (κ3) is 1.19. The molecular formula is C13H17NO3. The Kier molecular flexibility index (Phi) is 1.77. The molecule has 0 aromatic carbocycles. The van der Waals surface area contributed by atoms with Crippen molar-refractivity contribution in [2.45, 2.75) is 31.7 Å². The minimum atomic E-state index is -0.811. The number of carboxylic acid groups (broad SMARTS) is 1. The molecule has 4 fully saturated rings. The molecule has 4 nitrogen and oxygen atoms in total. The van der Waals surface area contributed by atoms with E-state index in [-0.39, 0.29) is 12.3 Å². The first kappa shape index (κ1) is 9.92. The van der Waals surface area contributed by atoms with Gasteiger partial charge in [0.25, 0.3) is 0 Å². The summed E-state index contributed by atoms with van der Waals surface area (Å²) in [4.78, 5) is 24.7. The second-order valence-corrected chi connectivity index (χ2v) is 6.26. The summed E-state index contributed by atoms with van der Waals surface area (Å²) in [5.74, 6) is 1.95. The molecule has 1 aliphatic heterocycles. The van der Waals surface area contributed by atoms with Crippen molar-refractivity contribution in [3.63, 3.8) is 0 Å². The fourth-order valence-corrected chi connectivity index (χ4v) is 4.88. The van der Waals surface area contributed by atoms with Crippen molar-refractivity contribution in [3.8, 4) is 0 Å². The first-order chi connectivity index (χ1) is 8.16. The predicted octanol–water partition coefficient (Wildman–Crippen LogP) is 0.964. The van der Waals surface area contributed by atoms with Crippen molar-refractivity contribution in [2.75, 3.05) is 6.54 Å². The zero-order valence-corrected chi connectivity index (χ0v) is 9.71. The van der Waals surface area contributed by atoms with Crippen LogP contribution in [0.2, 0.25) is 0 Å². The molecule has 4 aliphatic rings. The van der Waals surface area contributed by atoms with Crippen molar-refractivity contribution in [1.82, 2.24) is 4.90 Å². The Morgan fingerprint density at radius 2 is 1.88 bits per heavy atom. The van der Waals surface area contributed by atoms with Crippen molar-refractivity contribution < 1.29 is 14.7 Å². The molecule has 3 aliphatic carbocycles. The van der Waals surface area contributed by atoms with E-state index in [0.717, 1.165) is 23.7 Å². The number of carboxylic acids is 1. The number of hydrogen-bond donors (Lipinski definition) is 1. The van der Waals surface area contributed by atoms with Crippen LogP contribution in [0.1, 0.15) is 25.7 Å². The Morgan fingerprint density at radius 1 is 1.24 bits per heavy atom. The van der Waals surface area contributed by atoms with Gasteiger partial charge in [-0.2, -0.15) is 0 Å². The van der Waals surface area contributed by atoms with Gasteiger partial charge in [-0.25, -0.2) is 0 Å². The van der Waals surface area contributed by atoms with E-state index in [1.807, 2.05) is 4.90 Å². The lowest BCUT2D eigenvalue weighted by atomic mass is 10.0. The maximum atomic E-state index is 11.9. The highest BCUT2D eigenvalue weighted by atomic mass is 16.4. The normalized spacial score (nSPS) is 50.8. The molecule has 0 aromatic rings. The quantitative estimate of drug-likeness (QED) is 0.775. The average molecular weight is 235 g/mol. The maximum absolute atomic E-state index is 11.9. The summed E-state index contributed by atoms with van der Waals surface area (Å²) in [5.41, 5.74) is 0. The molecule has 1 saturated heterocycles. The molecule has 1 N–H and O–H groups in total. The van der Waals surface area contributed by atoms with Gasteiger partial charge in [0.1, 0.15) is 0 Å². The van der Waals surface area contributed by atoms with Crippen LogP contribution < -0.4 is 0 Å². The largest absolute Gasteiger partial charge is 0.481 e. The van der Waals surface area contributed by atoms with Crippen molar-refractivity contribution in [2.24, 2.45) is 29.6 Å². The van der Waals surface area contributed by atoms with Gasteiger partial charge in [-0.3, -0.25) is 9.59 Å². The number of fused-ring (bicyclic) bond motifs is 5. The van der Waals surface area contributed by atoms with E-state index >= 15 is 0 Å². The van der Waals surface area contributed by atoms with E-state index < -0.39 is 11.9 Å². The van der Waals surface area contributed by atoms with Crippen LogP contribution in [0.15, 0.2) is 0 Å². The fraction of sp³-hybridized carbons (Fsp3) is 0.846. The van der Waals surface area contributed by atoms with Gasteiger partial charge in [-0.15, -0.1) is 0 Å². The molecule has 1 heterocycles. The van der Waals surface area contributed by atoms with Crippen molar-refractivity contribution >= 4 is 11.9 Å². The number of carbonyl (C=O) groups excluding carboxylic acids is 1. The molecule has 0 radical (unpaired) electrons. The van der Waals surface area contributed by atoms with E-state index in [9.17, 15) is 9.59 Å². The van der Waals surface area contributed by atoms with Gasteiger partial charge in [0.05, 0.1) is 5.92 Å². The molecule has 0 spiro atoms. The highest BCUT2D eigenvalue weighted by Gasteiger charge is 2.68. The molecular weight excluding hydrogens is 218 g/mol. The van der Waals surface area contributed by atoms with Crippen LogP contribution in [-0.4, -0.2) is 34.5 Å². The number of hydrogen-bond acceptors (Lipinski definition) is 2. The SMILES string of the molecule is O=C(O)C1CC(=O)N(C2C3C4CCC(C4)C32)C1. The molecule has 17 heavy (non-hydrogen) atoms. The standard InChI is InChI=1S/C13H17NO3/c15-9-4-8(13(16)17)5-14(9)12-10-6-1-2-7(3-6)11(10)12/h6-8,10-12H,1-5H2,(H,16,17). The maximum Gasteiger partial charge on any atom is 0.308 e. The van der Waals surface area contributed by atoms with Crippen LogP contribution in [0.4, 0.5) is 0 Å². The summed E-state index contributed by atoms with van der Waals surface area (Å²) in [6.07, 6.45) is 4.27. The van der Waals surface area contributed by atoms with Crippen molar-refractivity contribution in [1.29, 1.82) is 0 Å². The summed E-state index contributed by atoms with van der Waals surface area (Å²) in [7, 11) is 0. The topological polar surface area (TPSA) is 57.6 Å². The van der Waals surface area contributed by atoms with Gasteiger partial charge in [0, 0.05) is 19.0 Å². The summed E-state index contributed by atoms with van der Waals surface area (Å²) in [6, 6.07) is 0.415. The molecule has 4 heteroatoms. The second-order valence-electron chi connectivity index (χ2n) is 6.26. The molecule has 3 saturated carbocycles. The minimum Gasteiger partial charge on any atom is -0.481 e. The Bertz CT molecular complexity index is 391. The van der Waals surface area contributed by atoms with Gasteiger partial charge in [-0.1, -0.05) is 0 Å². The van der Waals surface area contributed by atoms with Crippen LogP contribution in [0, 0.1) is 29.6 Å². The average Bonchev–Trinajstić information content (AvgIpc) is 2.68. The Hall–Kier alpha value is -1.06. The molecule has 1 amide bonds.